The van der Waals surface area contributed by atoms with Gasteiger partial charge in [-0.15, -0.1) is 0 Å². The Labute approximate surface area is 135 Å². The first-order valence-corrected chi connectivity index (χ1v) is 8.78. The Morgan fingerprint density at radius 2 is 2.19 bits per heavy atom. The largest absolute Gasteiger partial charge is 0.494 e. The van der Waals surface area contributed by atoms with Gasteiger partial charge in [-0.25, -0.2) is 0 Å². The molecule has 0 amide bonds. The SMILES string of the molecule is CCOc1ccc(Cl)cc1CCN=C(N)N1CCSCC1. The van der Waals surface area contributed by atoms with Crippen LogP contribution in [0.3, 0.4) is 0 Å². The smallest absolute Gasteiger partial charge is 0.191 e. The third-order valence-corrected chi connectivity index (χ3v) is 4.49. The summed E-state index contributed by atoms with van der Waals surface area (Å²) in [4.78, 5) is 6.64. The van der Waals surface area contributed by atoms with Crippen LogP contribution in [-0.4, -0.2) is 48.6 Å². The minimum Gasteiger partial charge on any atom is -0.494 e. The highest BCUT2D eigenvalue weighted by Gasteiger charge is 2.12. The molecule has 1 heterocycles. The Kier molecular flexibility index (Phi) is 6.51. The number of hydrogen-bond donors (Lipinski definition) is 1. The Bertz CT molecular complexity index is 490. The van der Waals surface area contributed by atoms with E-state index in [0.717, 1.165) is 47.4 Å². The molecule has 2 rings (SSSR count). The summed E-state index contributed by atoms with van der Waals surface area (Å²) in [6, 6.07) is 5.70. The van der Waals surface area contributed by atoms with Gasteiger partial charge in [0, 0.05) is 36.2 Å². The lowest BCUT2D eigenvalue weighted by atomic mass is 10.1. The number of nitrogens with zero attached hydrogens (tertiary/aromatic N) is 2. The van der Waals surface area contributed by atoms with Gasteiger partial charge in [0.05, 0.1) is 6.61 Å². The quantitative estimate of drug-likeness (QED) is 0.667. The third kappa shape index (κ3) is 5.00. The Morgan fingerprint density at radius 3 is 2.90 bits per heavy atom. The van der Waals surface area contributed by atoms with Crippen LogP contribution < -0.4 is 10.5 Å². The number of rotatable bonds is 5. The molecule has 0 aromatic heterocycles. The molecule has 4 nitrogen and oxygen atoms in total. The van der Waals surface area contributed by atoms with Gasteiger partial charge >= 0.3 is 0 Å². The van der Waals surface area contributed by atoms with Crippen LogP contribution in [0.15, 0.2) is 23.2 Å². The fourth-order valence-corrected chi connectivity index (χ4v) is 3.32. The predicted molar refractivity (Wildman–Crippen MR) is 91.7 cm³/mol. The molecule has 1 aliphatic rings. The standard InChI is InChI=1S/C15H22ClN3OS/c1-2-20-14-4-3-13(16)11-12(14)5-6-18-15(17)19-7-9-21-10-8-19/h3-4,11H,2,5-10H2,1H3,(H2,17,18). The molecular weight excluding hydrogens is 306 g/mol. The van der Waals surface area contributed by atoms with E-state index in [4.69, 9.17) is 22.1 Å². The highest BCUT2D eigenvalue weighted by molar-refractivity contribution is 7.99. The van der Waals surface area contributed by atoms with Gasteiger partial charge in [0.25, 0.3) is 0 Å². The first kappa shape index (κ1) is 16.3. The van der Waals surface area contributed by atoms with Crippen molar-refractivity contribution in [1.82, 2.24) is 4.90 Å². The normalized spacial score (nSPS) is 16.1. The second kappa shape index (κ2) is 8.39. The van der Waals surface area contributed by atoms with E-state index < -0.39 is 0 Å². The molecule has 0 radical (unpaired) electrons. The molecule has 0 atom stereocenters. The minimum absolute atomic E-state index is 0.644. The van der Waals surface area contributed by atoms with Crippen LogP contribution in [0.25, 0.3) is 0 Å². The molecule has 0 saturated carbocycles. The summed E-state index contributed by atoms with van der Waals surface area (Å²) >= 11 is 8.02. The Balaban J connectivity index is 1.94. The summed E-state index contributed by atoms with van der Waals surface area (Å²) in [7, 11) is 0. The molecule has 0 unspecified atom stereocenters. The Hall–Kier alpha value is -1.07. The van der Waals surface area contributed by atoms with Crippen LogP contribution in [0.4, 0.5) is 0 Å². The van der Waals surface area contributed by atoms with Crippen molar-refractivity contribution in [2.45, 2.75) is 13.3 Å². The molecule has 1 fully saturated rings. The highest BCUT2D eigenvalue weighted by atomic mass is 35.5. The fourth-order valence-electron chi connectivity index (χ4n) is 2.22. The molecule has 2 N–H and O–H groups in total. The molecule has 1 aliphatic heterocycles. The number of nitrogens with two attached hydrogens (primary N) is 1. The van der Waals surface area contributed by atoms with E-state index in [9.17, 15) is 0 Å². The fraction of sp³-hybridized carbons (Fsp3) is 0.533. The van der Waals surface area contributed by atoms with Gasteiger partial charge in [-0.2, -0.15) is 11.8 Å². The molecule has 0 bridgehead atoms. The lowest BCUT2D eigenvalue weighted by Gasteiger charge is -2.27. The average Bonchev–Trinajstić information content (AvgIpc) is 2.51. The molecule has 0 aliphatic carbocycles. The van der Waals surface area contributed by atoms with Crippen molar-refractivity contribution >= 4 is 29.3 Å². The van der Waals surface area contributed by atoms with Crippen molar-refractivity contribution in [3.05, 3.63) is 28.8 Å². The molecule has 1 aromatic rings. The van der Waals surface area contributed by atoms with Crippen molar-refractivity contribution in [3.63, 3.8) is 0 Å². The van der Waals surface area contributed by atoms with Crippen molar-refractivity contribution < 1.29 is 4.74 Å². The average molecular weight is 328 g/mol. The second-order valence-corrected chi connectivity index (χ2v) is 6.44. The summed E-state index contributed by atoms with van der Waals surface area (Å²) in [6.45, 7) is 5.24. The maximum atomic E-state index is 6.05. The summed E-state index contributed by atoms with van der Waals surface area (Å²) in [6.07, 6.45) is 0.777. The second-order valence-electron chi connectivity index (χ2n) is 4.77. The molecular formula is C15H22ClN3OS. The van der Waals surface area contributed by atoms with E-state index in [1.807, 2.05) is 36.9 Å². The van der Waals surface area contributed by atoms with Crippen LogP contribution in [0.5, 0.6) is 5.75 Å². The van der Waals surface area contributed by atoms with E-state index >= 15 is 0 Å². The number of hydrogen-bond acceptors (Lipinski definition) is 3. The number of aliphatic imine (C=N–C) groups is 1. The summed E-state index contributed by atoms with van der Waals surface area (Å²) in [5.41, 5.74) is 7.13. The highest BCUT2D eigenvalue weighted by Crippen LogP contribution is 2.23. The van der Waals surface area contributed by atoms with Crippen LogP contribution >= 0.6 is 23.4 Å². The van der Waals surface area contributed by atoms with Crippen molar-refractivity contribution in [1.29, 1.82) is 0 Å². The van der Waals surface area contributed by atoms with Crippen LogP contribution in [0, 0.1) is 0 Å². The van der Waals surface area contributed by atoms with Crippen LogP contribution in [-0.2, 0) is 6.42 Å². The number of thioether (sulfide) groups is 1. The predicted octanol–water partition coefficient (Wildman–Crippen LogP) is 2.64. The number of halogens is 1. The molecule has 6 heteroatoms. The van der Waals surface area contributed by atoms with Crippen molar-refractivity contribution in [2.24, 2.45) is 10.7 Å². The van der Waals surface area contributed by atoms with Crippen molar-refractivity contribution in [2.75, 3.05) is 37.7 Å². The lowest BCUT2D eigenvalue weighted by molar-refractivity contribution is 0.336. The number of guanidine groups is 1. The topological polar surface area (TPSA) is 50.9 Å². The van der Waals surface area contributed by atoms with E-state index in [-0.39, 0.29) is 0 Å². The molecule has 1 saturated heterocycles. The zero-order valence-corrected chi connectivity index (χ0v) is 13.9. The molecule has 116 valence electrons. The van der Waals surface area contributed by atoms with Gasteiger partial charge in [-0.1, -0.05) is 11.6 Å². The summed E-state index contributed by atoms with van der Waals surface area (Å²) < 4.78 is 5.61. The summed E-state index contributed by atoms with van der Waals surface area (Å²) in [5.74, 6) is 3.78. The van der Waals surface area contributed by atoms with Gasteiger partial charge in [0.1, 0.15) is 5.75 Å². The lowest BCUT2D eigenvalue weighted by Crippen LogP contribution is -2.42. The zero-order valence-electron chi connectivity index (χ0n) is 12.3. The molecule has 0 spiro atoms. The summed E-state index contributed by atoms with van der Waals surface area (Å²) in [5, 5.41) is 0.721. The van der Waals surface area contributed by atoms with Crippen LogP contribution in [0.2, 0.25) is 5.02 Å². The van der Waals surface area contributed by atoms with Gasteiger partial charge in [-0.3, -0.25) is 4.99 Å². The maximum absolute atomic E-state index is 6.05. The van der Waals surface area contributed by atoms with Gasteiger partial charge < -0.3 is 15.4 Å². The van der Waals surface area contributed by atoms with E-state index in [1.165, 1.54) is 0 Å². The van der Waals surface area contributed by atoms with Crippen LogP contribution in [0.1, 0.15) is 12.5 Å². The van der Waals surface area contributed by atoms with E-state index in [1.54, 1.807) is 0 Å². The maximum Gasteiger partial charge on any atom is 0.191 e. The van der Waals surface area contributed by atoms with E-state index in [0.29, 0.717) is 19.1 Å². The molecule has 1 aromatic carbocycles. The minimum atomic E-state index is 0.644. The van der Waals surface area contributed by atoms with Crippen molar-refractivity contribution in [3.8, 4) is 5.75 Å². The zero-order chi connectivity index (χ0) is 15.1. The first-order chi connectivity index (χ1) is 10.2. The third-order valence-electron chi connectivity index (χ3n) is 3.31. The monoisotopic (exact) mass is 327 g/mol. The first-order valence-electron chi connectivity index (χ1n) is 7.24. The van der Waals surface area contributed by atoms with Gasteiger partial charge in [0.2, 0.25) is 0 Å². The number of benzene rings is 1. The van der Waals surface area contributed by atoms with Gasteiger partial charge in [-0.05, 0) is 37.1 Å². The molecule has 21 heavy (non-hydrogen) atoms. The van der Waals surface area contributed by atoms with Gasteiger partial charge in [0.15, 0.2) is 5.96 Å². The number of ether oxygens (including phenoxy) is 1. The van der Waals surface area contributed by atoms with E-state index in [2.05, 4.69) is 9.89 Å². The Morgan fingerprint density at radius 1 is 1.43 bits per heavy atom.